The van der Waals surface area contributed by atoms with Gasteiger partial charge in [0.05, 0.1) is 23.8 Å². The Hall–Kier alpha value is -4.01. The Bertz CT molecular complexity index is 1140. The molecule has 0 aliphatic rings. The first kappa shape index (κ1) is 22.7. The van der Waals surface area contributed by atoms with Gasteiger partial charge in [0.25, 0.3) is 11.6 Å². The second-order valence-electron chi connectivity index (χ2n) is 7.19. The summed E-state index contributed by atoms with van der Waals surface area (Å²) < 4.78 is 6.97. The zero-order chi connectivity index (χ0) is 23.3. The zero-order valence-electron chi connectivity index (χ0n) is 18.1. The van der Waals surface area contributed by atoms with Gasteiger partial charge >= 0.3 is 5.97 Å². The van der Waals surface area contributed by atoms with Gasteiger partial charge in [-0.25, -0.2) is 4.79 Å². The smallest absolute Gasteiger partial charge is 0.333 e. The van der Waals surface area contributed by atoms with E-state index in [1.165, 1.54) is 18.2 Å². The first-order valence-corrected chi connectivity index (χ1v) is 10.1. The molecule has 166 valence electrons. The number of nitro benzene ring substituents is 1. The van der Waals surface area contributed by atoms with Crippen LogP contribution in [0.1, 0.15) is 45.8 Å². The van der Waals surface area contributed by atoms with Crippen molar-refractivity contribution >= 4 is 17.6 Å². The van der Waals surface area contributed by atoms with Crippen molar-refractivity contribution in [2.75, 3.05) is 6.61 Å². The minimum Gasteiger partial charge on any atom is -0.464 e. The summed E-state index contributed by atoms with van der Waals surface area (Å²) in [5.74, 6) is -1.25. The number of aromatic nitrogens is 2. The van der Waals surface area contributed by atoms with Crippen molar-refractivity contribution in [1.29, 1.82) is 0 Å². The number of benzene rings is 2. The molecular weight excluding hydrogens is 412 g/mol. The molecule has 1 amide bonds. The Balaban J connectivity index is 1.94. The number of carbonyl (C=O) groups excluding carboxylic acids is 2. The Labute approximate surface area is 185 Å². The van der Waals surface area contributed by atoms with Crippen molar-refractivity contribution < 1.29 is 19.2 Å². The van der Waals surface area contributed by atoms with Crippen LogP contribution in [0.2, 0.25) is 0 Å². The van der Waals surface area contributed by atoms with Crippen molar-refractivity contribution in [2.45, 2.75) is 33.4 Å². The van der Waals surface area contributed by atoms with Crippen LogP contribution in [0.25, 0.3) is 0 Å². The van der Waals surface area contributed by atoms with Gasteiger partial charge in [-0.1, -0.05) is 36.4 Å². The number of hydrogen-bond donors (Lipinski definition) is 1. The third kappa shape index (κ3) is 5.00. The summed E-state index contributed by atoms with van der Waals surface area (Å²) in [4.78, 5) is 36.1. The molecule has 0 unspecified atom stereocenters. The van der Waals surface area contributed by atoms with E-state index in [0.717, 1.165) is 11.6 Å². The fourth-order valence-corrected chi connectivity index (χ4v) is 3.49. The predicted molar refractivity (Wildman–Crippen MR) is 117 cm³/mol. The number of amides is 1. The third-order valence-electron chi connectivity index (χ3n) is 5.02. The lowest BCUT2D eigenvalue weighted by molar-refractivity contribution is -0.384. The average Bonchev–Trinajstić information content (AvgIpc) is 3.05. The summed E-state index contributed by atoms with van der Waals surface area (Å²) >= 11 is 0. The van der Waals surface area contributed by atoms with Crippen LogP contribution in [0.5, 0.6) is 0 Å². The SMILES string of the molecule is CCOC(=O)[C@@H](NC(=O)c1cccc([N+](=O)[O-])c1)c1c(C)nn(Cc2ccccc2)c1C. The number of rotatable bonds is 8. The lowest BCUT2D eigenvalue weighted by Crippen LogP contribution is -2.35. The number of nitro groups is 1. The fraction of sp³-hybridized carbons (Fsp3) is 0.261. The molecule has 1 N–H and O–H groups in total. The van der Waals surface area contributed by atoms with Gasteiger partial charge in [-0.05, 0) is 32.4 Å². The topological polar surface area (TPSA) is 116 Å². The maximum absolute atomic E-state index is 12.9. The van der Waals surface area contributed by atoms with Crippen molar-refractivity contribution in [3.63, 3.8) is 0 Å². The normalized spacial score (nSPS) is 11.6. The van der Waals surface area contributed by atoms with Gasteiger partial charge in [0, 0.05) is 29.0 Å². The van der Waals surface area contributed by atoms with Crippen molar-refractivity contribution in [3.8, 4) is 0 Å². The van der Waals surface area contributed by atoms with Crippen LogP contribution in [0, 0.1) is 24.0 Å². The van der Waals surface area contributed by atoms with Gasteiger partial charge in [0.15, 0.2) is 6.04 Å². The lowest BCUT2D eigenvalue weighted by atomic mass is 10.0. The van der Waals surface area contributed by atoms with Crippen LogP contribution in [-0.4, -0.2) is 33.2 Å². The lowest BCUT2D eigenvalue weighted by Gasteiger charge is -2.18. The molecule has 3 aromatic rings. The summed E-state index contributed by atoms with van der Waals surface area (Å²) in [6.45, 7) is 5.90. The van der Waals surface area contributed by atoms with Gasteiger partial charge in [-0.2, -0.15) is 5.10 Å². The summed E-state index contributed by atoms with van der Waals surface area (Å²) in [5.41, 5.74) is 2.73. The van der Waals surface area contributed by atoms with Crippen LogP contribution < -0.4 is 5.32 Å². The highest BCUT2D eigenvalue weighted by atomic mass is 16.6. The Morgan fingerprint density at radius 2 is 1.88 bits per heavy atom. The van der Waals surface area contributed by atoms with E-state index >= 15 is 0 Å². The number of ether oxygens (including phenoxy) is 1. The van der Waals surface area contributed by atoms with E-state index in [1.54, 1.807) is 18.5 Å². The minimum absolute atomic E-state index is 0.0699. The first-order valence-electron chi connectivity index (χ1n) is 10.1. The van der Waals surface area contributed by atoms with Gasteiger partial charge in [-0.3, -0.25) is 19.6 Å². The van der Waals surface area contributed by atoms with Gasteiger partial charge in [0.2, 0.25) is 0 Å². The maximum Gasteiger partial charge on any atom is 0.333 e. The van der Waals surface area contributed by atoms with E-state index in [-0.39, 0.29) is 17.9 Å². The zero-order valence-corrected chi connectivity index (χ0v) is 18.1. The van der Waals surface area contributed by atoms with E-state index in [2.05, 4.69) is 10.4 Å². The predicted octanol–water partition coefficient (Wildman–Crippen LogP) is 3.49. The number of esters is 1. The Morgan fingerprint density at radius 3 is 2.53 bits per heavy atom. The molecule has 0 saturated carbocycles. The van der Waals surface area contributed by atoms with Crippen molar-refractivity contribution in [1.82, 2.24) is 15.1 Å². The van der Waals surface area contributed by atoms with E-state index in [9.17, 15) is 19.7 Å². The third-order valence-corrected chi connectivity index (χ3v) is 5.02. The van der Waals surface area contributed by atoms with Crippen molar-refractivity contribution in [2.24, 2.45) is 0 Å². The summed E-state index contributed by atoms with van der Waals surface area (Å²) in [6, 6.07) is 14.0. The molecule has 9 nitrogen and oxygen atoms in total. The molecule has 32 heavy (non-hydrogen) atoms. The number of non-ortho nitro benzene ring substituents is 1. The molecule has 1 atom stereocenters. The highest BCUT2D eigenvalue weighted by Crippen LogP contribution is 2.25. The molecule has 0 aliphatic heterocycles. The van der Waals surface area contributed by atoms with E-state index in [4.69, 9.17) is 4.74 Å². The van der Waals surface area contributed by atoms with E-state index < -0.39 is 22.8 Å². The monoisotopic (exact) mass is 436 g/mol. The highest BCUT2D eigenvalue weighted by Gasteiger charge is 2.30. The van der Waals surface area contributed by atoms with Crippen LogP contribution >= 0.6 is 0 Å². The quantitative estimate of drug-likeness (QED) is 0.328. The second-order valence-corrected chi connectivity index (χ2v) is 7.19. The van der Waals surface area contributed by atoms with Gasteiger partial charge < -0.3 is 10.1 Å². The Morgan fingerprint density at radius 1 is 1.16 bits per heavy atom. The molecule has 2 aromatic carbocycles. The largest absolute Gasteiger partial charge is 0.464 e. The molecule has 1 heterocycles. The standard InChI is InChI=1S/C23H24N4O5/c1-4-32-23(29)21(24-22(28)18-11-8-12-19(13-18)27(30)31)20-15(2)25-26(16(20)3)14-17-9-6-5-7-10-17/h5-13,21H,4,14H2,1-3H3,(H,24,28)/t21-/m0/s1. The Kier molecular flexibility index (Phi) is 6.99. The highest BCUT2D eigenvalue weighted by molar-refractivity contribution is 5.97. The minimum atomic E-state index is -1.11. The number of aryl methyl sites for hydroxylation is 1. The number of nitrogens with zero attached hydrogens (tertiary/aromatic N) is 3. The number of hydrogen-bond acceptors (Lipinski definition) is 6. The molecule has 0 fully saturated rings. The molecule has 0 bridgehead atoms. The molecule has 3 rings (SSSR count). The molecule has 9 heteroatoms. The number of nitrogens with one attached hydrogen (secondary N) is 1. The van der Waals surface area contributed by atoms with Gasteiger partial charge in [-0.15, -0.1) is 0 Å². The van der Waals surface area contributed by atoms with Crippen LogP contribution in [-0.2, 0) is 16.1 Å². The summed E-state index contributed by atoms with van der Waals surface area (Å²) in [6.07, 6.45) is 0. The summed E-state index contributed by atoms with van der Waals surface area (Å²) in [5, 5.41) is 18.3. The first-order chi connectivity index (χ1) is 15.3. The molecule has 0 spiro atoms. The fourth-order valence-electron chi connectivity index (χ4n) is 3.49. The number of carbonyl (C=O) groups is 2. The maximum atomic E-state index is 12.9. The molecule has 0 radical (unpaired) electrons. The second kappa shape index (κ2) is 9.86. The van der Waals surface area contributed by atoms with Crippen LogP contribution in [0.4, 0.5) is 5.69 Å². The van der Waals surface area contributed by atoms with E-state index in [1.807, 2.05) is 37.3 Å². The van der Waals surface area contributed by atoms with Crippen LogP contribution in [0.3, 0.4) is 0 Å². The summed E-state index contributed by atoms with van der Waals surface area (Å²) in [7, 11) is 0. The molecule has 0 saturated heterocycles. The van der Waals surface area contributed by atoms with Crippen molar-refractivity contribution in [3.05, 3.63) is 92.8 Å². The molecule has 0 aliphatic carbocycles. The van der Waals surface area contributed by atoms with Crippen LogP contribution in [0.15, 0.2) is 54.6 Å². The van der Waals surface area contributed by atoms with Gasteiger partial charge in [0.1, 0.15) is 0 Å². The molecular formula is C23H24N4O5. The average molecular weight is 436 g/mol. The van der Waals surface area contributed by atoms with E-state index in [0.29, 0.717) is 23.5 Å². The molecule has 1 aromatic heterocycles.